The first-order valence-corrected chi connectivity index (χ1v) is 6.04. The minimum atomic E-state index is -1.06. The van der Waals surface area contributed by atoms with E-state index in [4.69, 9.17) is 9.47 Å². The van der Waals surface area contributed by atoms with E-state index < -0.39 is 23.3 Å². The van der Waals surface area contributed by atoms with Crippen molar-refractivity contribution in [3.8, 4) is 17.4 Å². The van der Waals surface area contributed by atoms with Gasteiger partial charge in [0.2, 0.25) is 0 Å². The van der Waals surface area contributed by atoms with Gasteiger partial charge >= 0.3 is 17.4 Å². The van der Waals surface area contributed by atoms with Gasteiger partial charge in [-0.25, -0.2) is 9.59 Å². The highest BCUT2D eigenvalue weighted by molar-refractivity contribution is 5.64. The highest BCUT2D eigenvalue weighted by atomic mass is 16.7. The van der Waals surface area contributed by atoms with E-state index in [1.165, 1.54) is 0 Å². The Morgan fingerprint density at radius 3 is 2.52 bits per heavy atom. The van der Waals surface area contributed by atoms with Crippen molar-refractivity contribution >= 4 is 6.16 Å². The Morgan fingerprint density at radius 1 is 1.14 bits per heavy atom. The first-order chi connectivity index (χ1) is 10.1. The number of carbonyl (C=O) groups is 1. The molecule has 0 aliphatic rings. The number of para-hydroxylation sites is 1. The number of carbonyl (C=O) groups excluding carboxylic acids is 1. The maximum atomic E-state index is 11.8. The van der Waals surface area contributed by atoms with Crippen LogP contribution in [0.4, 0.5) is 4.79 Å². The third kappa shape index (κ3) is 3.72. The van der Waals surface area contributed by atoms with Crippen LogP contribution in [0.3, 0.4) is 0 Å². The third-order valence-electron chi connectivity index (χ3n) is 2.28. The molecule has 1 aromatic carbocycles. The van der Waals surface area contributed by atoms with Crippen LogP contribution in [0.15, 0.2) is 39.9 Å². The van der Waals surface area contributed by atoms with E-state index in [1.54, 1.807) is 37.3 Å². The van der Waals surface area contributed by atoms with Gasteiger partial charge in [0.15, 0.2) is 0 Å². The van der Waals surface area contributed by atoms with Gasteiger partial charge in [-0.05, 0) is 19.1 Å². The van der Waals surface area contributed by atoms with E-state index in [2.05, 4.69) is 9.72 Å². The van der Waals surface area contributed by atoms with Crippen LogP contribution in [0.25, 0.3) is 0 Å². The summed E-state index contributed by atoms with van der Waals surface area (Å²) in [6.45, 7) is 1.67. The predicted octanol–water partition coefficient (Wildman–Crippen LogP) is 1.39. The van der Waals surface area contributed by atoms with Crippen molar-refractivity contribution in [2.75, 3.05) is 6.61 Å². The number of ether oxygens (including phenoxy) is 3. The summed E-state index contributed by atoms with van der Waals surface area (Å²) in [5.74, 6) is -0.441. The second kappa shape index (κ2) is 6.42. The van der Waals surface area contributed by atoms with E-state index in [-0.39, 0.29) is 12.4 Å². The molecular formula is C13H12N2O6. The second-order valence-electron chi connectivity index (χ2n) is 3.77. The summed E-state index contributed by atoms with van der Waals surface area (Å²) in [7, 11) is 0. The average molecular weight is 292 g/mol. The molecule has 8 heteroatoms. The molecule has 0 atom stereocenters. The van der Waals surface area contributed by atoms with Crippen molar-refractivity contribution in [2.24, 2.45) is 0 Å². The molecule has 0 saturated carbocycles. The van der Waals surface area contributed by atoms with Crippen LogP contribution in [0, 0.1) is 0 Å². The molecule has 0 spiro atoms. The fourth-order valence-electron chi connectivity index (χ4n) is 1.46. The summed E-state index contributed by atoms with van der Waals surface area (Å²) in [6.07, 6.45) is -1.06. The summed E-state index contributed by atoms with van der Waals surface area (Å²) in [5.41, 5.74) is -1.67. The van der Waals surface area contributed by atoms with Gasteiger partial charge < -0.3 is 14.2 Å². The largest absolute Gasteiger partial charge is 0.515 e. The highest BCUT2D eigenvalue weighted by Gasteiger charge is 2.17. The number of rotatable bonds is 4. The number of hydrogen-bond donors (Lipinski definition) is 2. The van der Waals surface area contributed by atoms with Crippen molar-refractivity contribution in [3.05, 3.63) is 51.2 Å². The van der Waals surface area contributed by atoms with Gasteiger partial charge in [-0.15, -0.1) is 0 Å². The van der Waals surface area contributed by atoms with Crippen LogP contribution >= 0.6 is 0 Å². The average Bonchev–Trinajstić information content (AvgIpc) is 2.44. The minimum absolute atomic E-state index is 0.0845. The molecule has 21 heavy (non-hydrogen) atoms. The Labute approximate surface area is 118 Å². The molecule has 0 aliphatic carbocycles. The summed E-state index contributed by atoms with van der Waals surface area (Å²) in [4.78, 5) is 38.5. The smallest absolute Gasteiger partial charge is 0.446 e. The summed E-state index contributed by atoms with van der Waals surface area (Å²) in [6, 6.07) is 8.35. The summed E-state index contributed by atoms with van der Waals surface area (Å²) >= 11 is 0. The topological polar surface area (TPSA) is 110 Å². The molecular weight excluding hydrogens is 280 g/mol. The van der Waals surface area contributed by atoms with Gasteiger partial charge in [-0.1, -0.05) is 18.2 Å². The first kappa shape index (κ1) is 14.4. The van der Waals surface area contributed by atoms with Gasteiger partial charge in [0.1, 0.15) is 5.75 Å². The summed E-state index contributed by atoms with van der Waals surface area (Å²) in [5, 5.41) is 0. The molecule has 0 saturated heterocycles. The molecule has 0 fully saturated rings. The van der Waals surface area contributed by atoms with Gasteiger partial charge in [0.25, 0.3) is 11.6 Å². The Morgan fingerprint density at radius 2 is 1.86 bits per heavy atom. The number of nitrogens with one attached hydrogen (secondary N) is 2. The Balaban J connectivity index is 2.37. The van der Waals surface area contributed by atoms with Crippen molar-refractivity contribution in [1.82, 2.24) is 9.97 Å². The van der Waals surface area contributed by atoms with Crippen LogP contribution in [0.5, 0.6) is 17.4 Å². The first-order valence-electron chi connectivity index (χ1n) is 6.04. The molecule has 0 unspecified atom stereocenters. The Kier molecular flexibility index (Phi) is 4.39. The highest BCUT2D eigenvalue weighted by Crippen LogP contribution is 2.24. The van der Waals surface area contributed by atoms with Crippen LogP contribution in [0.2, 0.25) is 0 Å². The molecule has 1 aromatic heterocycles. The normalized spacial score (nSPS) is 9.95. The van der Waals surface area contributed by atoms with Crippen LogP contribution < -0.4 is 20.7 Å². The van der Waals surface area contributed by atoms with Crippen molar-refractivity contribution < 1.29 is 19.0 Å². The zero-order valence-corrected chi connectivity index (χ0v) is 11.0. The number of aromatic nitrogens is 2. The molecule has 8 nitrogen and oxygen atoms in total. The lowest BCUT2D eigenvalue weighted by molar-refractivity contribution is 0.101. The van der Waals surface area contributed by atoms with E-state index >= 15 is 0 Å². The number of benzene rings is 1. The molecule has 2 N–H and O–H groups in total. The van der Waals surface area contributed by atoms with Crippen molar-refractivity contribution in [2.45, 2.75) is 6.92 Å². The van der Waals surface area contributed by atoms with E-state index in [9.17, 15) is 14.4 Å². The lowest BCUT2D eigenvalue weighted by Crippen LogP contribution is -2.25. The second-order valence-corrected chi connectivity index (χ2v) is 3.77. The van der Waals surface area contributed by atoms with Gasteiger partial charge in [0.05, 0.1) is 6.61 Å². The molecule has 1 heterocycles. The number of hydrogen-bond acceptors (Lipinski definition) is 6. The van der Waals surface area contributed by atoms with Gasteiger partial charge in [-0.2, -0.15) is 0 Å². The van der Waals surface area contributed by atoms with E-state index in [0.717, 1.165) is 0 Å². The predicted molar refractivity (Wildman–Crippen MR) is 71.8 cm³/mol. The quantitative estimate of drug-likeness (QED) is 0.824. The summed E-state index contributed by atoms with van der Waals surface area (Å²) < 4.78 is 14.7. The van der Waals surface area contributed by atoms with Gasteiger partial charge in [0, 0.05) is 0 Å². The SMILES string of the molecule is CCOC(=O)Oc1[nH]c(=O)[nH]c(=O)c1Oc1ccccc1. The van der Waals surface area contributed by atoms with Crippen molar-refractivity contribution in [3.63, 3.8) is 0 Å². The Hall–Kier alpha value is -3.03. The van der Waals surface area contributed by atoms with Crippen LogP contribution in [0.1, 0.15) is 6.92 Å². The lowest BCUT2D eigenvalue weighted by Gasteiger charge is -2.09. The molecule has 110 valence electrons. The van der Waals surface area contributed by atoms with Crippen LogP contribution in [-0.2, 0) is 4.74 Å². The molecule has 0 radical (unpaired) electrons. The fraction of sp³-hybridized carbons (Fsp3) is 0.154. The van der Waals surface area contributed by atoms with Crippen molar-refractivity contribution in [1.29, 1.82) is 0 Å². The Bertz CT molecular complexity index is 734. The van der Waals surface area contributed by atoms with E-state index in [0.29, 0.717) is 5.75 Å². The number of H-pyrrole nitrogens is 2. The van der Waals surface area contributed by atoms with Gasteiger partial charge in [-0.3, -0.25) is 14.8 Å². The molecule has 2 aromatic rings. The minimum Gasteiger partial charge on any atom is -0.446 e. The zero-order valence-electron chi connectivity index (χ0n) is 11.0. The molecule has 0 amide bonds. The lowest BCUT2D eigenvalue weighted by atomic mass is 10.3. The maximum Gasteiger partial charge on any atom is 0.515 e. The molecule has 0 bridgehead atoms. The van der Waals surface area contributed by atoms with E-state index in [1.807, 2.05) is 4.98 Å². The maximum absolute atomic E-state index is 11.8. The number of aromatic amines is 2. The third-order valence-corrected chi connectivity index (χ3v) is 2.28. The van der Waals surface area contributed by atoms with Crippen LogP contribution in [-0.4, -0.2) is 22.7 Å². The standard InChI is InChI=1S/C13H12N2O6/c1-2-19-13(18)21-11-9(10(16)14-12(17)15-11)20-8-6-4-3-5-7-8/h3-7H,2H2,1H3,(H2,14,15,16,17). The fourth-order valence-corrected chi connectivity index (χ4v) is 1.46. The monoisotopic (exact) mass is 292 g/mol. The zero-order chi connectivity index (χ0) is 15.2. The molecule has 2 rings (SSSR count). The molecule has 0 aliphatic heterocycles.